The van der Waals surface area contributed by atoms with Crippen molar-refractivity contribution in [3.8, 4) is 0 Å². The number of aromatic carboxylic acids is 1. The van der Waals surface area contributed by atoms with Gasteiger partial charge in [-0.2, -0.15) is 0 Å². The maximum Gasteiger partial charge on any atom is 0.335 e. The summed E-state index contributed by atoms with van der Waals surface area (Å²) in [4.78, 5) is 36.5. The van der Waals surface area contributed by atoms with Crippen LogP contribution in [-0.2, 0) is 12.8 Å². The summed E-state index contributed by atoms with van der Waals surface area (Å²) in [5.41, 5.74) is 7.10. The Labute approximate surface area is 148 Å². The number of hydrogen-bond acceptors (Lipinski definition) is 4. The Balaban J connectivity index is 1.92. The van der Waals surface area contributed by atoms with Crippen molar-refractivity contribution < 1.29 is 19.5 Å². The van der Waals surface area contributed by atoms with Crippen LogP contribution in [0.5, 0.6) is 0 Å². The Morgan fingerprint density at radius 1 is 1.28 bits per heavy atom. The Morgan fingerprint density at radius 2 is 2.00 bits per heavy atom. The second-order valence-electron chi connectivity index (χ2n) is 6.26. The van der Waals surface area contributed by atoms with Gasteiger partial charge in [-0.1, -0.05) is 13.0 Å². The van der Waals surface area contributed by atoms with Gasteiger partial charge in [0.25, 0.3) is 11.8 Å². The predicted octanol–water partition coefficient (Wildman–Crippen LogP) is 2.92. The second-order valence-corrected chi connectivity index (χ2v) is 7.37. The lowest BCUT2D eigenvalue weighted by Gasteiger charge is -2.18. The summed E-state index contributed by atoms with van der Waals surface area (Å²) in [5, 5.41) is 12.2. The number of nitrogens with one attached hydrogen (secondary N) is 1. The van der Waals surface area contributed by atoms with Crippen LogP contribution in [0.2, 0.25) is 0 Å². The Bertz CT molecular complexity index is 872. The molecule has 4 N–H and O–H groups in total. The van der Waals surface area contributed by atoms with Crippen LogP contribution in [0.15, 0.2) is 24.3 Å². The van der Waals surface area contributed by atoms with Crippen molar-refractivity contribution in [2.75, 3.05) is 5.32 Å². The minimum Gasteiger partial charge on any atom is -0.478 e. The molecule has 1 aromatic carbocycles. The molecular weight excluding hydrogens is 340 g/mol. The number of amides is 2. The van der Waals surface area contributed by atoms with Crippen LogP contribution in [0.25, 0.3) is 0 Å². The molecule has 7 heteroatoms. The lowest BCUT2D eigenvalue weighted by molar-refractivity contribution is 0.0696. The third-order valence-corrected chi connectivity index (χ3v) is 5.53. The summed E-state index contributed by atoms with van der Waals surface area (Å²) in [7, 11) is 0. The molecule has 2 amide bonds. The predicted molar refractivity (Wildman–Crippen MR) is 95.4 cm³/mol. The number of benzene rings is 1. The van der Waals surface area contributed by atoms with Crippen LogP contribution >= 0.6 is 11.3 Å². The van der Waals surface area contributed by atoms with E-state index in [1.54, 1.807) is 0 Å². The van der Waals surface area contributed by atoms with Crippen molar-refractivity contribution in [3.63, 3.8) is 0 Å². The number of anilines is 1. The van der Waals surface area contributed by atoms with E-state index in [1.165, 1.54) is 35.6 Å². The molecule has 3 rings (SSSR count). The molecular formula is C18H18N2O4S. The molecule has 0 spiro atoms. The zero-order valence-electron chi connectivity index (χ0n) is 13.7. The normalized spacial score (nSPS) is 16.1. The summed E-state index contributed by atoms with van der Waals surface area (Å²) < 4.78 is 0. The fourth-order valence-corrected chi connectivity index (χ4v) is 4.48. The van der Waals surface area contributed by atoms with Gasteiger partial charge in [-0.25, -0.2) is 4.79 Å². The number of fused-ring (bicyclic) bond motifs is 1. The quantitative estimate of drug-likeness (QED) is 0.780. The molecule has 1 atom stereocenters. The van der Waals surface area contributed by atoms with Crippen LogP contribution in [-0.4, -0.2) is 22.9 Å². The highest BCUT2D eigenvalue weighted by Gasteiger charge is 2.27. The standard InChI is InChI=1S/C18H18N2O4S/c1-9-5-6-12-13(7-9)25-17(14(12)15(19)21)20-16(22)10-3-2-4-11(8-10)18(23)24/h2-4,8-9H,5-7H2,1H3,(H2,19,21)(H,20,22)(H,23,24)/t9-/m0/s1. The Kier molecular flexibility index (Phi) is 4.59. The first-order chi connectivity index (χ1) is 11.9. The van der Waals surface area contributed by atoms with Crippen molar-refractivity contribution in [2.24, 2.45) is 11.7 Å². The second kappa shape index (κ2) is 6.68. The molecule has 0 aliphatic heterocycles. The van der Waals surface area contributed by atoms with E-state index in [-0.39, 0.29) is 11.1 Å². The number of carboxylic acids is 1. The van der Waals surface area contributed by atoms with E-state index in [4.69, 9.17) is 10.8 Å². The number of carbonyl (C=O) groups is 3. The Hall–Kier alpha value is -2.67. The van der Waals surface area contributed by atoms with Gasteiger partial charge in [0.15, 0.2) is 0 Å². The lowest BCUT2D eigenvalue weighted by Crippen LogP contribution is -2.19. The van der Waals surface area contributed by atoms with Crippen LogP contribution in [0, 0.1) is 5.92 Å². The first-order valence-corrected chi connectivity index (χ1v) is 8.77. The molecule has 1 aromatic heterocycles. The van der Waals surface area contributed by atoms with E-state index < -0.39 is 17.8 Å². The van der Waals surface area contributed by atoms with Crippen molar-refractivity contribution >= 4 is 34.1 Å². The lowest BCUT2D eigenvalue weighted by atomic mass is 9.88. The van der Waals surface area contributed by atoms with Crippen molar-refractivity contribution in [1.29, 1.82) is 0 Å². The van der Waals surface area contributed by atoms with Crippen LogP contribution in [0.3, 0.4) is 0 Å². The average Bonchev–Trinajstić information content (AvgIpc) is 2.91. The van der Waals surface area contributed by atoms with Gasteiger partial charge in [0.2, 0.25) is 0 Å². The zero-order chi connectivity index (χ0) is 18.1. The van der Waals surface area contributed by atoms with E-state index in [1.807, 2.05) is 0 Å². The summed E-state index contributed by atoms with van der Waals surface area (Å²) in [6, 6.07) is 5.76. The van der Waals surface area contributed by atoms with Gasteiger partial charge < -0.3 is 16.2 Å². The molecule has 1 aliphatic rings. The van der Waals surface area contributed by atoms with E-state index in [0.717, 1.165) is 29.7 Å². The molecule has 1 heterocycles. The molecule has 0 saturated heterocycles. The molecule has 25 heavy (non-hydrogen) atoms. The summed E-state index contributed by atoms with van der Waals surface area (Å²) in [5.74, 6) is -1.59. The number of thiophene rings is 1. The van der Waals surface area contributed by atoms with Crippen LogP contribution in [0.4, 0.5) is 5.00 Å². The van der Waals surface area contributed by atoms with Crippen LogP contribution in [0.1, 0.15) is 54.9 Å². The number of carboxylic acid groups (broad SMARTS) is 1. The molecule has 6 nitrogen and oxygen atoms in total. The average molecular weight is 358 g/mol. The van der Waals surface area contributed by atoms with E-state index in [0.29, 0.717) is 16.5 Å². The summed E-state index contributed by atoms with van der Waals surface area (Å²) in [6.07, 6.45) is 2.62. The van der Waals surface area contributed by atoms with Gasteiger partial charge in [-0.15, -0.1) is 11.3 Å². The Morgan fingerprint density at radius 3 is 2.68 bits per heavy atom. The van der Waals surface area contributed by atoms with Crippen molar-refractivity contribution in [2.45, 2.75) is 26.2 Å². The molecule has 1 aliphatic carbocycles. The first kappa shape index (κ1) is 17.2. The first-order valence-electron chi connectivity index (χ1n) is 7.96. The van der Waals surface area contributed by atoms with E-state index >= 15 is 0 Å². The number of carbonyl (C=O) groups excluding carboxylic acids is 2. The molecule has 0 bridgehead atoms. The maximum atomic E-state index is 12.5. The number of nitrogens with two attached hydrogens (primary N) is 1. The van der Waals surface area contributed by atoms with Crippen molar-refractivity contribution in [3.05, 3.63) is 51.4 Å². The van der Waals surface area contributed by atoms with Gasteiger partial charge in [0.05, 0.1) is 11.1 Å². The van der Waals surface area contributed by atoms with Gasteiger partial charge in [-0.05, 0) is 48.9 Å². The highest BCUT2D eigenvalue weighted by Crippen LogP contribution is 2.39. The largest absolute Gasteiger partial charge is 0.478 e. The van der Waals surface area contributed by atoms with E-state index in [2.05, 4.69) is 12.2 Å². The molecule has 0 fully saturated rings. The molecule has 130 valence electrons. The number of hydrogen-bond donors (Lipinski definition) is 3. The zero-order valence-corrected chi connectivity index (χ0v) is 14.5. The van der Waals surface area contributed by atoms with E-state index in [9.17, 15) is 14.4 Å². The third kappa shape index (κ3) is 3.41. The smallest absolute Gasteiger partial charge is 0.335 e. The number of rotatable bonds is 4. The van der Waals surface area contributed by atoms with Crippen molar-refractivity contribution in [1.82, 2.24) is 0 Å². The van der Waals surface area contributed by atoms with Gasteiger partial charge in [0.1, 0.15) is 5.00 Å². The monoisotopic (exact) mass is 358 g/mol. The van der Waals surface area contributed by atoms with Gasteiger partial charge in [0, 0.05) is 10.4 Å². The SMILES string of the molecule is C[C@H]1CCc2c(sc(NC(=O)c3cccc(C(=O)O)c3)c2C(N)=O)C1. The molecule has 2 aromatic rings. The minimum absolute atomic E-state index is 0.0297. The number of primary amides is 1. The summed E-state index contributed by atoms with van der Waals surface area (Å²) in [6.45, 7) is 2.16. The summed E-state index contributed by atoms with van der Waals surface area (Å²) >= 11 is 1.38. The molecule has 0 unspecified atom stereocenters. The fourth-order valence-electron chi connectivity index (χ4n) is 3.07. The third-order valence-electron chi connectivity index (χ3n) is 4.36. The minimum atomic E-state index is -1.10. The topological polar surface area (TPSA) is 109 Å². The van der Waals surface area contributed by atoms with Gasteiger partial charge in [-0.3, -0.25) is 9.59 Å². The maximum absolute atomic E-state index is 12.5. The molecule has 0 radical (unpaired) electrons. The van der Waals surface area contributed by atoms with Crippen LogP contribution < -0.4 is 11.1 Å². The highest BCUT2D eigenvalue weighted by atomic mass is 32.1. The fraction of sp³-hybridized carbons (Fsp3) is 0.278. The highest BCUT2D eigenvalue weighted by molar-refractivity contribution is 7.17. The molecule has 0 saturated carbocycles. The van der Waals surface area contributed by atoms with Gasteiger partial charge >= 0.3 is 5.97 Å².